The Balaban J connectivity index is 1.96. The van der Waals surface area contributed by atoms with Gasteiger partial charge in [-0.2, -0.15) is 0 Å². The van der Waals surface area contributed by atoms with Crippen LogP contribution in [0.15, 0.2) is 23.1 Å². The van der Waals surface area contributed by atoms with E-state index < -0.39 is 6.10 Å². The van der Waals surface area contributed by atoms with E-state index in [-0.39, 0.29) is 0 Å². The van der Waals surface area contributed by atoms with Crippen molar-refractivity contribution in [1.82, 2.24) is 0 Å². The van der Waals surface area contributed by atoms with Crippen molar-refractivity contribution < 1.29 is 9.84 Å². The van der Waals surface area contributed by atoms with Crippen LogP contribution in [0.5, 0.6) is 0 Å². The highest BCUT2D eigenvalue weighted by molar-refractivity contribution is 7.99. The van der Waals surface area contributed by atoms with Gasteiger partial charge in [-0.1, -0.05) is 17.7 Å². The van der Waals surface area contributed by atoms with Crippen molar-refractivity contribution in [3.63, 3.8) is 0 Å². The molecule has 0 radical (unpaired) electrons. The Bertz CT molecular complexity index is 376. The van der Waals surface area contributed by atoms with Crippen LogP contribution >= 0.6 is 23.4 Å². The van der Waals surface area contributed by atoms with E-state index >= 15 is 0 Å². The van der Waals surface area contributed by atoms with E-state index in [9.17, 15) is 5.11 Å². The van der Waals surface area contributed by atoms with Gasteiger partial charge in [-0.3, -0.25) is 0 Å². The van der Waals surface area contributed by atoms with Crippen LogP contribution in [0.1, 0.15) is 31.4 Å². The lowest BCUT2D eigenvalue weighted by Crippen LogP contribution is -2.07. The molecule has 1 unspecified atom stereocenters. The zero-order chi connectivity index (χ0) is 12.3. The lowest BCUT2D eigenvalue weighted by Gasteiger charge is -2.11. The molecule has 1 fully saturated rings. The monoisotopic (exact) mass is 272 g/mol. The summed E-state index contributed by atoms with van der Waals surface area (Å²) in [5, 5.41) is 10.2. The Labute approximate surface area is 111 Å². The Hall–Kier alpha value is -0.220. The van der Waals surface area contributed by atoms with Crippen LogP contribution in [-0.2, 0) is 4.74 Å². The van der Waals surface area contributed by atoms with Crippen molar-refractivity contribution >= 4 is 23.4 Å². The van der Waals surface area contributed by atoms with Crippen molar-refractivity contribution in [3.8, 4) is 0 Å². The lowest BCUT2D eigenvalue weighted by molar-refractivity contribution is 0.129. The normalized spacial score (nSPS) is 21.7. The number of rotatable bonds is 4. The average Bonchev–Trinajstić information content (AvgIpc) is 2.80. The molecular formula is C13H17ClO2S. The van der Waals surface area contributed by atoms with Crippen molar-refractivity contribution in [2.24, 2.45) is 0 Å². The highest BCUT2D eigenvalue weighted by Crippen LogP contribution is 2.31. The van der Waals surface area contributed by atoms with E-state index in [0.717, 1.165) is 29.2 Å². The minimum absolute atomic E-state index is 0.368. The minimum Gasteiger partial charge on any atom is -0.389 e. The van der Waals surface area contributed by atoms with E-state index in [1.54, 1.807) is 18.7 Å². The first-order valence-electron chi connectivity index (χ1n) is 5.88. The maximum Gasteiger partial charge on any atom is 0.0762 e. The molecule has 0 aromatic heterocycles. The molecule has 1 heterocycles. The topological polar surface area (TPSA) is 29.5 Å². The van der Waals surface area contributed by atoms with Gasteiger partial charge in [0.25, 0.3) is 0 Å². The fourth-order valence-corrected chi connectivity index (χ4v) is 3.19. The highest BCUT2D eigenvalue weighted by atomic mass is 35.5. The molecule has 0 aliphatic carbocycles. The van der Waals surface area contributed by atoms with Gasteiger partial charge >= 0.3 is 0 Å². The van der Waals surface area contributed by atoms with E-state index in [1.165, 1.54) is 6.42 Å². The van der Waals surface area contributed by atoms with E-state index in [0.29, 0.717) is 11.1 Å². The highest BCUT2D eigenvalue weighted by Gasteiger charge is 2.16. The van der Waals surface area contributed by atoms with Crippen LogP contribution in [0, 0.1) is 0 Å². The summed E-state index contributed by atoms with van der Waals surface area (Å²) in [6.45, 7) is 2.63. The minimum atomic E-state index is -0.468. The van der Waals surface area contributed by atoms with Crippen LogP contribution in [0.25, 0.3) is 0 Å². The molecule has 2 rings (SSSR count). The zero-order valence-electron chi connectivity index (χ0n) is 9.86. The van der Waals surface area contributed by atoms with Crippen molar-refractivity contribution in [3.05, 3.63) is 28.8 Å². The van der Waals surface area contributed by atoms with Gasteiger partial charge in [-0.05, 0) is 37.5 Å². The quantitative estimate of drug-likeness (QED) is 0.848. The molecule has 1 aromatic carbocycles. The summed E-state index contributed by atoms with van der Waals surface area (Å²) in [5.74, 6) is 0.952. The van der Waals surface area contributed by atoms with Gasteiger partial charge in [0, 0.05) is 17.3 Å². The summed E-state index contributed by atoms with van der Waals surface area (Å²) in [5.41, 5.74) is 0.858. The predicted octanol–water partition coefficient (Wildman–Crippen LogP) is 3.66. The molecule has 0 amide bonds. The molecule has 1 saturated heterocycles. The van der Waals surface area contributed by atoms with Gasteiger partial charge < -0.3 is 9.84 Å². The smallest absolute Gasteiger partial charge is 0.0762 e. The Kier molecular flexibility index (Phi) is 4.74. The molecule has 2 nitrogen and oxygen atoms in total. The van der Waals surface area contributed by atoms with E-state index in [4.69, 9.17) is 16.3 Å². The number of hydrogen-bond acceptors (Lipinski definition) is 3. The standard InChI is InChI=1S/C13H17ClO2S/c1-9(15)10-4-5-13(12(14)7-10)17-8-11-3-2-6-16-11/h4-5,7,9,11,15H,2-3,6,8H2,1H3/t9-,11?/m0/s1. The van der Waals surface area contributed by atoms with Crippen LogP contribution in [0.2, 0.25) is 5.02 Å². The molecule has 0 spiro atoms. The van der Waals surface area contributed by atoms with Crippen molar-refractivity contribution in [2.75, 3.05) is 12.4 Å². The Morgan fingerprint density at radius 1 is 1.59 bits per heavy atom. The Morgan fingerprint density at radius 2 is 2.41 bits per heavy atom. The molecule has 4 heteroatoms. The number of thioether (sulfide) groups is 1. The summed E-state index contributed by atoms with van der Waals surface area (Å²) in [6, 6.07) is 5.74. The van der Waals surface area contributed by atoms with Gasteiger partial charge in [0.2, 0.25) is 0 Å². The summed E-state index contributed by atoms with van der Waals surface area (Å²) < 4.78 is 5.57. The van der Waals surface area contributed by atoms with Crippen LogP contribution in [0.4, 0.5) is 0 Å². The summed E-state index contributed by atoms with van der Waals surface area (Å²) in [6.07, 6.45) is 2.22. The molecule has 0 bridgehead atoms. The predicted molar refractivity (Wildman–Crippen MR) is 71.8 cm³/mol. The molecule has 17 heavy (non-hydrogen) atoms. The molecule has 1 N–H and O–H groups in total. The molecule has 0 saturated carbocycles. The summed E-state index contributed by atoms with van der Waals surface area (Å²) in [7, 11) is 0. The van der Waals surface area contributed by atoms with Gasteiger partial charge in [0.05, 0.1) is 17.2 Å². The SMILES string of the molecule is C[C@H](O)c1ccc(SCC2CCCO2)c(Cl)c1. The molecule has 1 aliphatic rings. The first kappa shape index (κ1) is 13.2. The van der Waals surface area contributed by atoms with Gasteiger partial charge in [0.1, 0.15) is 0 Å². The molecule has 94 valence electrons. The van der Waals surface area contributed by atoms with Crippen molar-refractivity contribution in [1.29, 1.82) is 0 Å². The molecule has 1 aliphatic heterocycles. The molecular weight excluding hydrogens is 256 g/mol. The number of ether oxygens (including phenoxy) is 1. The van der Waals surface area contributed by atoms with E-state index in [2.05, 4.69) is 0 Å². The maximum atomic E-state index is 9.46. The van der Waals surface area contributed by atoms with Crippen LogP contribution < -0.4 is 0 Å². The molecule has 2 atom stereocenters. The number of aliphatic hydroxyl groups is 1. The number of halogens is 1. The third-order valence-electron chi connectivity index (χ3n) is 2.89. The number of benzene rings is 1. The first-order valence-corrected chi connectivity index (χ1v) is 7.25. The zero-order valence-corrected chi connectivity index (χ0v) is 11.4. The van der Waals surface area contributed by atoms with E-state index in [1.807, 2.05) is 18.2 Å². The van der Waals surface area contributed by atoms with Gasteiger partial charge in [-0.15, -0.1) is 11.8 Å². The van der Waals surface area contributed by atoms with Gasteiger partial charge in [-0.25, -0.2) is 0 Å². The fraction of sp³-hybridized carbons (Fsp3) is 0.538. The van der Waals surface area contributed by atoms with Crippen molar-refractivity contribution in [2.45, 2.75) is 36.9 Å². The van der Waals surface area contributed by atoms with Crippen LogP contribution in [-0.4, -0.2) is 23.6 Å². The lowest BCUT2D eigenvalue weighted by atomic mass is 10.1. The van der Waals surface area contributed by atoms with Gasteiger partial charge in [0.15, 0.2) is 0 Å². The fourth-order valence-electron chi connectivity index (χ4n) is 1.85. The maximum absolute atomic E-state index is 9.46. The first-order chi connectivity index (χ1) is 8.16. The largest absolute Gasteiger partial charge is 0.389 e. The van der Waals surface area contributed by atoms with Crippen LogP contribution in [0.3, 0.4) is 0 Å². The number of hydrogen-bond donors (Lipinski definition) is 1. The summed E-state index contributed by atoms with van der Waals surface area (Å²) >= 11 is 7.91. The number of aliphatic hydroxyl groups excluding tert-OH is 1. The summed E-state index contributed by atoms with van der Waals surface area (Å²) in [4.78, 5) is 1.06. The third-order valence-corrected chi connectivity index (χ3v) is 4.52. The average molecular weight is 273 g/mol. The second kappa shape index (κ2) is 6.10. The second-order valence-corrected chi connectivity index (χ2v) is 5.78. The Morgan fingerprint density at radius 3 is 3.00 bits per heavy atom. The molecule has 1 aromatic rings. The second-order valence-electron chi connectivity index (χ2n) is 4.31. The third kappa shape index (κ3) is 3.62.